The Hall–Kier alpha value is -3.36. The summed E-state index contributed by atoms with van der Waals surface area (Å²) in [6.07, 6.45) is 0.988. The molecule has 3 atom stereocenters. The fraction of sp³-hybridized carbons (Fsp3) is 0.478. The molecule has 1 aromatic heterocycles. The number of aromatic amines is 1. The summed E-state index contributed by atoms with van der Waals surface area (Å²) in [5.74, 6) is 0.267. The summed E-state index contributed by atoms with van der Waals surface area (Å²) in [6, 6.07) is 5.41. The molecule has 0 aliphatic carbocycles. The van der Waals surface area contributed by atoms with Gasteiger partial charge in [-0.25, -0.2) is 0 Å². The highest BCUT2D eigenvalue weighted by atomic mass is 16.5. The highest BCUT2D eigenvalue weighted by Gasteiger charge is 2.36. The monoisotopic (exact) mass is 439 g/mol. The van der Waals surface area contributed by atoms with Gasteiger partial charge in [0.05, 0.1) is 24.3 Å². The molecular formula is C23H29N5O4. The second-order valence-electron chi connectivity index (χ2n) is 9.00. The largest absolute Gasteiger partial charge is 0.495 e. The van der Waals surface area contributed by atoms with Crippen LogP contribution in [0.5, 0.6) is 5.75 Å². The summed E-state index contributed by atoms with van der Waals surface area (Å²) in [6.45, 7) is 7.78. The van der Waals surface area contributed by atoms with Crippen molar-refractivity contribution in [2.45, 2.75) is 39.5 Å². The molecule has 4 rings (SSSR count). The van der Waals surface area contributed by atoms with Crippen LogP contribution in [0.3, 0.4) is 0 Å². The second kappa shape index (κ2) is 8.64. The van der Waals surface area contributed by atoms with E-state index in [0.29, 0.717) is 29.2 Å². The minimum atomic E-state index is -0.950. The van der Waals surface area contributed by atoms with E-state index in [1.807, 2.05) is 17.9 Å². The Kier molecular flexibility index (Phi) is 5.90. The fourth-order valence-corrected chi connectivity index (χ4v) is 4.71. The molecule has 9 heteroatoms. The third-order valence-electron chi connectivity index (χ3n) is 6.04. The fourth-order valence-electron chi connectivity index (χ4n) is 4.71. The molecular weight excluding hydrogens is 410 g/mol. The van der Waals surface area contributed by atoms with Crippen LogP contribution in [0.15, 0.2) is 23.0 Å². The predicted octanol–water partition coefficient (Wildman–Crippen LogP) is 2.63. The lowest BCUT2D eigenvalue weighted by molar-refractivity contribution is -0.123. The van der Waals surface area contributed by atoms with Gasteiger partial charge in [0.15, 0.2) is 0 Å². The van der Waals surface area contributed by atoms with E-state index in [-0.39, 0.29) is 23.7 Å². The lowest BCUT2D eigenvalue weighted by Crippen LogP contribution is -2.42. The SMILES string of the molecule is COc1ccc(C)cc1NC(=O)[C@H]1CC(=O)Nc2nc(N3C[C@H](C)C[C@@H](C)C3)[nH]c(=O)c21. The lowest BCUT2D eigenvalue weighted by atomic mass is 9.91. The number of aromatic nitrogens is 2. The zero-order valence-corrected chi connectivity index (χ0v) is 18.8. The van der Waals surface area contributed by atoms with Gasteiger partial charge >= 0.3 is 0 Å². The molecule has 2 aliphatic rings. The minimum Gasteiger partial charge on any atom is -0.495 e. The number of carbonyl (C=O) groups excluding carboxylic acids is 2. The number of amides is 2. The van der Waals surface area contributed by atoms with E-state index in [9.17, 15) is 14.4 Å². The van der Waals surface area contributed by atoms with Crippen molar-refractivity contribution in [3.05, 3.63) is 39.7 Å². The van der Waals surface area contributed by atoms with Crippen molar-refractivity contribution in [2.75, 3.05) is 35.7 Å². The normalized spacial score (nSPS) is 22.7. The Bertz CT molecular complexity index is 1100. The van der Waals surface area contributed by atoms with E-state index in [1.54, 1.807) is 12.1 Å². The van der Waals surface area contributed by atoms with Crippen LogP contribution in [0.4, 0.5) is 17.5 Å². The zero-order chi connectivity index (χ0) is 23.0. The van der Waals surface area contributed by atoms with E-state index in [0.717, 1.165) is 25.1 Å². The maximum atomic E-state index is 13.1. The number of fused-ring (bicyclic) bond motifs is 1. The second-order valence-corrected chi connectivity index (χ2v) is 9.00. The number of aryl methyl sites for hydroxylation is 1. The molecule has 2 aromatic rings. The minimum absolute atomic E-state index is 0.130. The summed E-state index contributed by atoms with van der Waals surface area (Å²) in [4.78, 5) is 48.0. The van der Waals surface area contributed by atoms with E-state index < -0.39 is 17.4 Å². The number of anilines is 3. The number of methoxy groups -OCH3 is 1. The van der Waals surface area contributed by atoms with Crippen molar-refractivity contribution in [3.8, 4) is 5.75 Å². The molecule has 0 spiro atoms. The average Bonchev–Trinajstić information content (AvgIpc) is 2.72. The third kappa shape index (κ3) is 4.32. The van der Waals surface area contributed by atoms with E-state index >= 15 is 0 Å². The Morgan fingerprint density at radius 3 is 2.62 bits per heavy atom. The molecule has 3 heterocycles. The Morgan fingerprint density at radius 1 is 1.22 bits per heavy atom. The van der Waals surface area contributed by atoms with E-state index in [2.05, 4.69) is 34.4 Å². The summed E-state index contributed by atoms with van der Waals surface area (Å²) in [5.41, 5.74) is 1.20. The number of ether oxygens (including phenoxy) is 1. The predicted molar refractivity (Wildman–Crippen MR) is 122 cm³/mol. The molecule has 0 unspecified atom stereocenters. The summed E-state index contributed by atoms with van der Waals surface area (Å²) >= 11 is 0. The molecule has 9 nitrogen and oxygen atoms in total. The van der Waals surface area contributed by atoms with Crippen molar-refractivity contribution in [3.63, 3.8) is 0 Å². The molecule has 2 amide bonds. The number of carbonyl (C=O) groups is 2. The molecule has 2 aliphatic heterocycles. The standard InChI is InChI=1S/C23H29N5O4/c1-12-5-6-17(32-4)16(8-12)24-21(30)15-9-18(29)25-20-19(15)22(31)27-23(26-20)28-10-13(2)7-14(3)11-28/h5-6,8,13-15H,7,9-11H2,1-4H3,(H,24,30)(H2,25,26,27,29,31)/t13-,14-,15+/m1/s1. The first-order chi connectivity index (χ1) is 15.2. The van der Waals surface area contributed by atoms with Crippen molar-refractivity contribution < 1.29 is 14.3 Å². The topological polar surface area (TPSA) is 116 Å². The Balaban J connectivity index is 1.66. The number of nitrogens with one attached hydrogen (secondary N) is 3. The number of piperidine rings is 1. The van der Waals surface area contributed by atoms with Crippen LogP contribution in [0.25, 0.3) is 0 Å². The Morgan fingerprint density at radius 2 is 1.94 bits per heavy atom. The first kappa shape index (κ1) is 21.9. The lowest BCUT2D eigenvalue weighted by Gasteiger charge is -2.35. The summed E-state index contributed by atoms with van der Waals surface area (Å²) in [7, 11) is 1.52. The first-order valence-electron chi connectivity index (χ1n) is 10.9. The van der Waals surface area contributed by atoms with Crippen LogP contribution in [-0.2, 0) is 9.59 Å². The highest BCUT2D eigenvalue weighted by molar-refractivity contribution is 6.05. The van der Waals surface area contributed by atoms with E-state index in [4.69, 9.17) is 4.74 Å². The van der Waals surface area contributed by atoms with Gasteiger partial charge in [0, 0.05) is 19.5 Å². The Labute approximate surface area is 186 Å². The van der Waals surface area contributed by atoms with Crippen LogP contribution < -0.4 is 25.8 Å². The van der Waals surface area contributed by atoms with Gasteiger partial charge in [0.25, 0.3) is 5.56 Å². The molecule has 0 bridgehead atoms. The smallest absolute Gasteiger partial charge is 0.258 e. The van der Waals surface area contributed by atoms with Gasteiger partial charge in [-0.15, -0.1) is 0 Å². The maximum absolute atomic E-state index is 13.1. The van der Waals surface area contributed by atoms with E-state index in [1.165, 1.54) is 7.11 Å². The number of hydrogen-bond acceptors (Lipinski definition) is 6. The number of rotatable bonds is 4. The quantitative estimate of drug-likeness (QED) is 0.674. The van der Waals surface area contributed by atoms with Gasteiger partial charge in [0.1, 0.15) is 11.6 Å². The summed E-state index contributed by atoms with van der Waals surface area (Å²) < 4.78 is 5.32. The van der Waals surface area contributed by atoms with Gasteiger partial charge in [-0.3, -0.25) is 19.4 Å². The van der Waals surface area contributed by atoms with Crippen molar-refractivity contribution in [2.24, 2.45) is 11.8 Å². The molecule has 3 N–H and O–H groups in total. The van der Waals surface area contributed by atoms with Crippen LogP contribution in [0.2, 0.25) is 0 Å². The number of benzene rings is 1. The van der Waals surface area contributed by atoms with Crippen LogP contribution in [-0.4, -0.2) is 42.0 Å². The molecule has 0 saturated carbocycles. The molecule has 1 saturated heterocycles. The van der Waals surface area contributed by atoms with Crippen molar-refractivity contribution in [1.82, 2.24) is 9.97 Å². The van der Waals surface area contributed by atoms with Gasteiger partial charge in [0.2, 0.25) is 17.8 Å². The van der Waals surface area contributed by atoms with Gasteiger partial charge in [-0.2, -0.15) is 4.98 Å². The van der Waals surface area contributed by atoms with Gasteiger partial charge in [-0.1, -0.05) is 19.9 Å². The van der Waals surface area contributed by atoms with Crippen molar-refractivity contribution >= 4 is 29.3 Å². The van der Waals surface area contributed by atoms with Gasteiger partial charge in [-0.05, 0) is 42.9 Å². The van der Waals surface area contributed by atoms with Gasteiger partial charge < -0.3 is 20.3 Å². The molecule has 32 heavy (non-hydrogen) atoms. The zero-order valence-electron chi connectivity index (χ0n) is 18.8. The first-order valence-corrected chi connectivity index (χ1v) is 10.9. The molecule has 170 valence electrons. The third-order valence-corrected chi connectivity index (χ3v) is 6.04. The van der Waals surface area contributed by atoms with Crippen LogP contribution in [0, 0.1) is 18.8 Å². The molecule has 1 aromatic carbocycles. The maximum Gasteiger partial charge on any atom is 0.258 e. The molecule has 1 fully saturated rings. The van der Waals surface area contributed by atoms with Crippen molar-refractivity contribution in [1.29, 1.82) is 0 Å². The summed E-state index contributed by atoms with van der Waals surface area (Å²) in [5, 5.41) is 5.50. The molecule has 0 radical (unpaired) electrons. The highest BCUT2D eigenvalue weighted by Crippen LogP contribution is 2.33. The number of H-pyrrole nitrogens is 1. The van der Waals surface area contributed by atoms with Crippen LogP contribution in [0.1, 0.15) is 43.7 Å². The average molecular weight is 440 g/mol. The number of hydrogen-bond donors (Lipinski definition) is 3. The number of nitrogens with zero attached hydrogens (tertiary/aromatic N) is 2. The van der Waals surface area contributed by atoms with Crippen LogP contribution >= 0.6 is 0 Å².